The van der Waals surface area contributed by atoms with E-state index >= 15 is 0 Å². The van der Waals surface area contributed by atoms with Gasteiger partial charge >= 0.3 is 0 Å². The van der Waals surface area contributed by atoms with Crippen LogP contribution in [0.3, 0.4) is 0 Å². The van der Waals surface area contributed by atoms with Gasteiger partial charge in [0.2, 0.25) is 5.91 Å². The average Bonchev–Trinajstić information content (AvgIpc) is 3.15. The molecule has 0 aromatic heterocycles. The fourth-order valence-electron chi connectivity index (χ4n) is 3.31. The number of ether oxygens (including phenoxy) is 3. The average molecular weight is 349 g/mol. The fraction of sp³-hybridized carbons (Fsp3) is 0.611. The largest absolute Gasteiger partial charge is 0.497 e. The third kappa shape index (κ3) is 4.55. The molecule has 7 nitrogen and oxygen atoms in total. The molecule has 2 fully saturated rings. The van der Waals surface area contributed by atoms with Crippen LogP contribution in [0.15, 0.2) is 18.2 Å². The van der Waals surface area contributed by atoms with Crippen LogP contribution in [0.25, 0.3) is 0 Å². The molecule has 0 radical (unpaired) electrons. The van der Waals surface area contributed by atoms with Crippen molar-refractivity contribution in [3.8, 4) is 11.5 Å². The van der Waals surface area contributed by atoms with Crippen molar-refractivity contribution in [2.24, 2.45) is 5.92 Å². The topological polar surface area (TPSA) is 72.1 Å². The van der Waals surface area contributed by atoms with E-state index in [4.69, 9.17) is 14.2 Å². The van der Waals surface area contributed by atoms with Crippen LogP contribution >= 0.6 is 0 Å². The van der Waals surface area contributed by atoms with Crippen LogP contribution in [-0.4, -0.2) is 65.6 Å². The van der Waals surface area contributed by atoms with Crippen molar-refractivity contribution in [2.75, 3.05) is 58.5 Å². The molecule has 2 heterocycles. The number of methoxy groups -OCH3 is 2. The van der Waals surface area contributed by atoms with Crippen molar-refractivity contribution in [1.82, 2.24) is 10.6 Å². The van der Waals surface area contributed by atoms with Crippen LogP contribution in [0.4, 0.5) is 5.69 Å². The summed E-state index contributed by atoms with van der Waals surface area (Å²) < 4.78 is 16.0. The molecule has 2 saturated heterocycles. The van der Waals surface area contributed by atoms with Gasteiger partial charge in [-0.05, 0) is 12.3 Å². The Bertz CT molecular complexity index is 567. The van der Waals surface area contributed by atoms with Crippen molar-refractivity contribution in [3.05, 3.63) is 18.2 Å². The van der Waals surface area contributed by atoms with Crippen molar-refractivity contribution in [3.63, 3.8) is 0 Å². The highest BCUT2D eigenvalue weighted by molar-refractivity contribution is 5.82. The SMILES string of the molecule is COc1cc(OC)cc(N2CCC(CNC(=O)C3COCCN3)C2)c1. The molecule has 1 aromatic rings. The second kappa shape index (κ2) is 8.40. The van der Waals surface area contributed by atoms with Crippen molar-refractivity contribution >= 4 is 11.6 Å². The highest BCUT2D eigenvalue weighted by atomic mass is 16.5. The Morgan fingerprint density at radius 3 is 2.72 bits per heavy atom. The van der Waals surface area contributed by atoms with Gasteiger partial charge in [-0.1, -0.05) is 0 Å². The summed E-state index contributed by atoms with van der Waals surface area (Å²) in [5.41, 5.74) is 1.09. The summed E-state index contributed by atoms with van der Waals surface area (Å²) in [6.07, 6.45) is 1.05. The maximum Gasteiger partial charge on any atom is 0.239 e. The van der Waals surface area contributed by atoms with Gasteiger partial charge in [-0.25, -0.2) is 0 Å². The number of anilines is 1. The molecule has 0 bridgehead atoms. The van der Waals surface area contributed by atoms with Gasteiger partial charge in [-0.15, -0.1) is 0 Å². The van der Waals surface area contributed by atoms with Crippen molar-refractivity contribution in [1.29, 1.82) is 0 Å². The first-order chi connectivity index (χ1) is 12.2. The normalized spacial score (nSPS) is 23.4. The van der Waals surface area contributed by atoms with Gasteiger partial charge in [-0.2, -0.15) is 0 Å². The van der Waals surface area contributed by atoms with E-state index in [1.807, 2.05) is 18.2 Å². The number of benzene rings is 1. The van der Waals surface area contributed by atoms with Crippen LogP contribution in [0.5, 0.6) is 11.5 Å². The summed E-state index contributed by atoms with van der Waals surface area (Å²) in [6.45, 7) is 4.41. The van der Waals surface area contributed by atoms with Gasteiger partial charge in [0.05, 0.1) is 27.4 Å². The Balaban J connectivity index is 1.52. The molecule has 138 valence electrons. The molecule has 0 aliphatic carbocycles. The number of carbonyl (C=O) groups excluding carboxylic acids is 1. The number of hydrogen-bond acceptors (Lipinski definition) is 6. The lowest BCUT2D eigenvalue weighted by atomic mass is 10.1. The van der Waals surface area contributed by atoms with Gasteiger partial charge in [0, 0.05) is 50.1 Å². The molecule has 2 atom stereocenters. The lowest BCUT2D eigenvalue weighted by Crippen LogP contribution is -2.52. The molecule has 2 N–H and O–H groups in total. The first-order valence-corrected chi connectivity index (χ1v) is 8.76. The zero-order chi connectivity index (χ0) is 17.6. The van der Waals surface area contributed by atoms with E-state index in [2.05, 4.69) is 15.5 Å². The van der Waals surface area contributed by atoms with Gasteiger partial charge in [0.15, 0.2) is 0 Å². The summed E-state index contributed by atoms with van der Waals surface area (Å²) >= 11 is 0. The van der Waals surface area contributed by atoms with Gasteiger partial charge in [0.1, 0.15) is 17.5 Å². The number of rotatable bonds is 6. The zero-order valence-corrected chi connectivity index (χ0v) is 14.9. The Hall–Kier alpha value is -1.99. The quantitative estimate of drug-likeness (QED) is 0.785. The highest BCUT2D eigenvalue weighted by Crippen LogP contribution is 2.31. The van der Waals surface area contributed by atoms with Gasteiger partial charge in [-0.3, -0.25) is 4.79 Å². The highest BCUT2D eigenvalue weighted by Gasteiger charge is 2.26. The molecule has 0 saturated carbocycles. The van der Waals surface area contributed by atoms with Crippen LogP contribution < -0.4 is 25.0 Å². The van der Waals surface area contributed by atoms with Gasteiger partial charge in [0.25, 0.3) is 0 Å². The number of morpholine rings is 1. The van der Waals surface area contributed by atoms with E-state index in [9.17, 15) is 4.79 Å². The Kier molecular flexibility index (Phi) is 5.99. The minimum atomic E-state index is -0.228. The first kappa shape index (κ1) is 17.8. The smallest absolute Gasteiger partial charge is 0.239 e. The van der Waals surface area contributed by atoms with E-state index in [1.165, 1.54) is 0 Å². The Morgan fingerprint density at radius 1 is 1.32 bits per heavy atom. The molecule has 7 heteroatoms. The van der Waals surface area contributed by atoms with Crippen LogP contribution in [0, 0.1) is 5.92 Å². The summed E-state index contributed by atoms with van der Waals surface area (Å²) in [4.78, 5) is 14.5. The van der Waals surface area contributed by atoms with E-state index in [-0.39, 0.29) is 11.9 Å². The Labute approximate surface area is 148 Å². The number of hydrogen-bond donors (Lipinski definition) is 2. The lowest BCUT2D eigenvalue weighted by molar-refractivity contribution is -0.126. The number of amides is 1. The molecule has 0 spiro atoms. The van der Waals surface area contributed by atoms with Crippen LogP contribution in [0.2, 0.25) is 0 Å². The number of nitrogens with one attached hydrogen (secondary N) is 2. The molecule has 2 unspecified atom stereocenters. The van der Waals surface area contributed by atoms with Crippen LogP contribution in [0.1, 0.15) is 6.42 Å². The predicted molar refractivity (Wildman–Crippen MR) is 95.5 cm³/mol. The molecule has 2 aliphatic heterocycles. The summed E-state index contributed by atoms with van der Waals surface area (Å²) in [6, 6.07) is 5.68. The maximum absolute atomic E-state index is 12.2. The molecular formula is C18H27N3O4. The van der Waals surface area contributed by atoms with Crippen molar-refractivity contribution < 1.29 is 19.0 Å². The molecule has 1 aromatic carbocycles. The summed E-state index contributed by atoms with van der Waals surface area (Å²) in [5.74, 6) is 2.04. The third-order valence-corrected chi connectivity index (χ3v) is 4.79. The van der Waals surface area contributed by atoms with E-state index < -0.39 is 0 Å². The standard InChI is InChI=1S/C18H27N3O4/c1-23-15-7-14(8-16(9-15)24-2)21-5-3-13(11-21)10-20-18(22)17-12-25-6-4-19-17/h7-9,13,17,19H,3-6,10-12H2,1-2H3,(H,20,22). The third-order valence-electron chi connectivity index (χ3n) is 4.79. The van der Waals surface area contributed by atoms with E-state index in [1.54, 1.807) is 14.2 Å². The summed E-state index contributed by atoms with van der Waals surface area (Å²) in [7, 11) is 3.31. The van der Waals surface area contributed by atoms with Crippen LogP contribution in [-0.2, 0) is 9.53 Å². The molecular weight excluding hydrogens is 322 g/mol. The number of carbonyl (C=O) groups is 1. The minimum Gasteiger partial charge on any atom is -0.497 e. The monoisotopic (exact) mass is 349 g/mol. The van der Waals surface area contributed by atoms with E-state index in [0.29, 0.717) is 25.7 Å². The van der Waals surface area contributed by atoms with Crippen molar-refractivity contribution in [2.45, 2.75) is 12.5 Å². The molecule has 25 heavy (non-hydrogen) atoms. The fourth-order valence-corrected chi connectivity index (χ4v) is 3.31. The molecule has 3 rings (SSSR count). The molecule has 1 amide bonds. The second-order valence-electron chi connectivity index (χ2n) is 6.50. The second-order valence-corrected chi connectivity index (χ2v) is 6.50. The first-order valence-electron chi connectivity index (χ1n) is 8.76. The lowest BCUT2D eigenvalue weighted by Gasteiger charge is -2.24. The predicted octanol–water partition coefficient (Wildman–Crippen LogP) is 0.635. The minimum absolute atomic E-state index is 0.0289. The molecule has 2 aliphatic rings. The summed E-state index contributed by atoms with van der Waals surface area (Å²) in [5, 5.41) is 6.23. The number of nitrogens with zero attached hydrogens (tertiary/aromatic N) is 1. The maximum atomic E-state index is 12.2. The Morgan fingerprint density at radius 2 is 2.08 bits per heavy atom. The zero-order valence-electron chi connectivity index (χ0n) is 14.9. The van der Waals surface area contributed by atoms with E-state index in [0.717, 1.165) is 43.2 Å². The van der Waals surface area contributed by atoms with Gasteiger partial charge < -0.3 is 29.7 Å².